The van der Waals surface area contributed by atoms with Crippen LogP contribution in [0.2, 0.25) is 5.82 Å². The predicted octanol–water partition coefficient (Wildman–Crippen LogP) is 4.39. The number of nitrogens with one attached hydrogen (secondary N) is 2. The number of aliphatic hydroxyl groups excluding tert-OH is 1. The van der Waals surface area contributed by atoms with E-state index in [1.165, 1.54) is 6.92 Å². The molecule has 3 aliphatic carbocycles. The van der Waals surface area contributed by atoms with E-state index < -0.39 is 60.3 Å². The number of benzene rings is 1. The molecule has 7 N–H and O–H groups in total. The third kappa shape index (κ3) is 12.1. The highest BCUT2D eigenvalue weighted by molar-refractivity contribution is 6.47. The average Bonchev–Trinajstić information content (AvgIpc) is 3.55. The summed E-state index contributed by atoms with van der Waals surface area (Å²) in [5.41, 5.74) is 12.4. The van der Waals surface area contributed by atoms with Gasteiger partial charge in [-0.2, -0.15) is 0 Å². The zero-order valence-electron chi connectivity index (χ0n) is 36.4. The van der Waals surface area contributed by atoms with Crippen molar-refractivity contribution >= 4 is 36.3 Å². The van der Waals surface area contributed by atoms with Crippen LogP contribution in [-0.2, 0) is 28.5 Å². The number of Topliss-reactive ketones (excluding diaryl/α,β-unsaturated/α-hetero) is 3. The summed E-state index contributed by atoms with van der Waals surface area (Å²) in [4.78, 5) is 67.6. The molecule has 0 radical (unpaired) electrons. The molecule has 1 saturated heterocycles. The van der Waals surface area contributed by atoms with Gasteiger partial charge >= 0.3 is 7.12 Å². The van der Waals surface area contributed by atoms with Crippen LogP contribution in [-0.4, -0.2) is 84.4 Å². The number of aliphatic hydroxyl groups is 1. The van der Waals surface area contributed by atoms with Gasteiger partial charge in [-0.3, -0.25) is 24.0 Å². The lowest BCUT2D eigenvalue weighted by molar-refractivity contribution is -0.199. The lowest BCUT2D eigenvalue weighted by Gasteiger charge is -2.64. The molecule has 2 amide bonds. The minimum Gasteiger partial charge on any atom is -0.405 e. The first-order valence-corrected chi connectivity index (χ1v) is 21.5. The molecule has 2 bridgehead atoms. The minimum absolute atomic E-state index is 0.00528. The maximum atomic E-state index is 13.8. The van der Waals surface area contributed by atoms with Crippen molar-refractivity contribution in [2.24, 2.45) is 46.5 Å². The molecule has 59 heavy (non-hydrogen) atoms. The summed E-state index contributed by atoms with van der Waals surface area (Å²) in [6, 6.07) is 4.56. The minimum atomic E-state index is -1.33. The molecule has 1 aliphatic heterocycles. The van der Waals surface area contributed by atoms with Gasteiger partial charge in [0.05, 0.1) is 23.9 Å². The topological polar surface area (TPSA) is 200 Å². The van der Waals surface area contributed by atoms with Gasteiger partial charge in [-0.25, -0.2) is 0 Å². The molecule has 0 spiro atoms. The van der Waals surface area contributed by atoms with Gasteiger partial charge in [-0.15, -0.1) is 0 Å². The zero-order chi connectivity index (χ0) is 43.7. The molecule has 0 unspecified atom stereocenters. The summed E-state index contributed by atoms with van der Waals surface area (Å²) in [5.74, 6) is 8.63. The number of rotatable bonds is 21. The fraction of sp³-hybridized carbons (Fsp3) is 0.674. The number of carbonyl (C=O) groups excluding carboxylic acids is 5. The van der Waals surface area contributed by atoms with Gasteiger partial charge < -0.3 is 36.5 Å². The van der Waals surface area contributed by atoms with E-state index in [-0.39, 0.29) is 67.0 Å². The van der Waals surface area contributed by atoms with E-state index in [1.54, 1.807) is 31.2 Å². The highest BCUT2D eigenvalue weighted by Crippen LogP contribution is 2.66. The summed E-state index contributed by atoms with van der Waals surface area (Å²) in [6.45, 7) is 16.1. The van der Waals surface area contributed by atoms with Crippen molar-refractivity contribution in [1.29, 1.82) is 0 Å². The molecular formula is C46H67BN4O8. The monoisotopic (exact) mass is 815 g/mol. The number of nitrogens with two attached hydrogens (primary N) is 2. The van der Waals surface area contributed by atoms with Gasteiger partial charge in [-0.1, -0.05) is 65.5 Å². The Balaban J connectivity index is 1.33. The molecule has 322 valence electrons. The molecule has 12 nitrogen and oxygen atoms in total. The van der Waals surface area contributed by atoms with E-state index in [0.29, 0.717) is 48.8 Å². The SMILES string of the molecule is CC(C)C#CC#Cc1ccc(C(=O)C[C@@H](CCN)C(=O)N[C@H](C(=O)C[C@@H](C)C(=O)N[C@@H](CCCCN)C(=O)C[C@@H](C)B2O[C@@H]3C[C@@H]4C[C@@H](C4(C)C)[C@]3(C)O2)[C@@H](C)O)cc1. The first kappa shape index (κ1) is 47.8. The number of amides is 2. The summed E-state index contributed by atoms with van der Waals surface area (Å²) in [6.07, 6.45) is 2.32. The Morgan fingerprint density at radius 1 is 0.864 bits per heavy atom. The highest BCUT2D eigenvalue weighted by Gasteiger charge is 2.68. The predicted molar refractivity (Wildman–Crippen MR) is 228 cm³/mol. The third-order valence-corrected chi connectivity index (χ3v) is 12.8. The fourth-order valence-electron chi connectivity index (χ4n) is 8.98. The van der Waals surface area contributed by atoms with Crippen LogP contribution in [0.25, 0.3) is 0 Å². The molecule has 1 heterocycles. The third-order valence-electron chi connectivity index (χ3n) is 12.8. The van der Waals surface area contributed by atoms with E-state index in [4.69, 9.17) is 20.8 Å². The second-order valence-corrected chi connectivity index (χ2v) is 18.3. The Hall–Kier alpha value is -3.85. The number of carbonyl (C=O) groups is 5. The van der Waals surface area contributed by atoms with Crippen molar-refractivity contribution in [2.75, 3.05) is 13.1 Å². The van der Waals surface area contributed by atoms with E-state index in [1.807, 2.05) is 20.8 Å². The van der Waals surface area contributed by atoms with Crippen molar-refractivity contribution in [3.05, 3.63) is 35.4 Å². The first-order chi connectivity index (χ1) is 27.8. The van der Waals surface area contributed by atoms with Crippen LogP contribution < -0.4 is 22.1 Å². The molecule has 4 fully saturated rings. The fourth-order valence-corrected chi connectivity index (χ4v) is 8.98. The molecule has 4 aliphatic rings. The molecule has 3 saturated carbocycles. The molecule has 5 rings (SSSR count). The van der Waals surface area contributed by atoms with E-state index in [0.717, 1.165) is 12.8 Å². The Kier molecular flexibility index (Phi) is 17.1. The van der Waals surface area contributed by atoms with E-state index in [9.17, 15) is 29.1 Å². The summed E-state index contributed by atoms with van der Waals surface area (Å²) < 4.78 is 13.0. The molecule has 0 aromatic heterocycles. The second kappa shape index (κ2) is 21.1. The second-order valence-electron chi connectivity index (χ2n) is 18.3. The normalized spacial score (nSPS) is 24.3. The largest absolute Gasteiger partial charge is 0.461 e. The van der Waals surface area contributed by atoms with Crippen LogP contribution in [0.1, 0.15) is 129 Å². The lowest BCUT2D eigenvalue weighted by Crippen LogP contribution is -2.65. The van der Waals surface area contributed by atoms with Crippen LogP contribution >= 0.6 is 0 Å². The van der Waals surface area contributed by atoms with Crippen molar-refractivity contribution in [1.82, 2.24) is 10.6 Å². The Labute approximate surface area is 352 Å². The molecule has 13 heteroatoms. The van der Waals surface area contributed by atoms with Crippen LogP contribution in [0, 0.1) is 58.7 Å². The van der Waals surface area contributed by atoms with Crippen LogP contribution in [0.3, 0.4) is 0 Å². The van der Waals surface area contributed by atoms with Gasteiger partial charge in [-0.05, 0) is 113 Å². The van der Waals surface area contributed by atoms with Crippen LogP contribution in [0.15, 0.2) is 24.3 Å². The number of ketones is 3. The van der Waals surface area contributed by atoms with Gasteiger partial charge in [0.15, 0.2) is 17.3 Å². The van der Waals surface area contributed by atoms with E-state index in [2.05, 4.69) is 55.1 Å². The number of hydrogen-bond acceptors (Lipinski definition) is 10. The zero-order valence-corrected chi connectivity index (χ0v) is 36.4. The molecule has 1 aromatic carbocycles. The van der Waals surface area contributed by atoms with Crippen molar-refractivity contribution in [3.63, 3.8) is 0 Å². The maximum absolute atomic E-state index is 13.8. The lowest BCUT2D eigenvalue weighted by atomic mass is 9.43. The van der Waals surface area contributed by atoms with Gasteiger partial charge in [0.2, 0.25) is 11.8 Å². The smallest absolute Gasteiger partial charge is 0.405 e. The maximum Gasteiger partial charge on any atom is 0.461 e. The number of unbranched alkanes of at least 4 members (excludes halogenated alkanes) is 1. The Morgan fingerprint density at radius 2 is 1.56 bits per heavy atom. The molecular weight excluding hydrogens is 747 g/mol. The van der Waals surface area contributed by atoms with Crippen molar-refractivity contribution in [3.8, 4) is 23.7 Å². The quantitative estimate of drug-likeness (QED) is 0.0514. The van der Waals surface area contributed by atoms with Gasteiger partial charge in [0, 0.05) is 48.1 Å². The molecule has 1 aromatic rings. The summed E-state index contributed by atoms with van der Waals surface area (Å²) >= 11 is 0. The first-order valence-electron chi connectivity index (χ1n) is 21.5. The summed E-state index contributed by atoms with van der Waals surface area (Å²) in [5, 5.41) is 16.1. The summed E-state index contributed by atoms with van der Waals surface area (Å²) in [7, 11) is -0.525. The van der Waals surface area contributed by atoms with Crippen molar-refractivity contribution < 1.29 is 38.4 Å². The van der Waals surface area contributed by atoms with Crippen molar-refractivity contribution in [2.45, 2.75) is 149 Å². The number of hydrogen-bond donors (Lipinski definition) is 5. The molecule has 10 atom stereocenters. The average molecular weight is 815 g/mol. The van der Waals surface area contributed by atoms with Gasteiger partial charge in [0.1, 0.15) is 6.04 Å². The highest BCUT2D eigenvalue weighted by atomic mass is 16.7. The van der Waals surface area contributed by atoms with E-state index >= 15 is 0 Å². The Morgan fingerprint density at radius 3 is 2.17 bits per heavy atom. The Bertz CT molecular complexity index is 1790. The van der Waals surface area contributed by atoms with Crippen LogP contribution in [0.4, 0.5) is 0 Å². The van der Waals surface area contributed by atoms with Gasteiger partial charge in [0.25, 0.3) is 0 Å². The standard InChI is InChI=1S/C46H67BN4O8/c1-28(2)13-9-10-14-32-16-18-33(19-17-32)37(53)25-34(20-22-49)44(57)51-42(31(5)52)39(55)23-29(3)43(56)50-36(15-11-12-21-48)38(54)24-30(4)47-58-41-27-35-26-40(45(35,6)7)46(41,8)59-47/h16-19,28-31,34-36,40-42,52H,11-12,15,20-27,48-49H2,1-8H3,(H,50,56)(H,51,57)/t29-,30-,31-,34-,35+,36+,40+,41-,42+,46+/m1/s1. The van der Waals surface area contributed by atoms with Crippen LogP contribution in [0.5, 0.6) is 0 Å².